The van der Waals surface area contributed by atoms with Gasteiger partial charge in [0.05, 0.1) is 5.56 Å². The second-order valence-corrected chi connectivity index (χ2v) is 10.9. The molecule has 0 amide bonds. The fraction of sp³-hybridized carbons (Fsp3) is 0.667. The van der Waals surface area contributed by atoms with Gasteiger partial charge in [-0.2, -0.15) is 13.2 Å². The van der Waals surface area contributed by atoms with Crippen LogP contribution >= 0.6 is 0 Å². The maximum atomic E-state index is 13.3. The van der Waals surface area contributed by atoms with Crippen molar-refractivity contribution >= 4 is 17.2 Å². The standard InChI is InChI=1S/C24H31F3N6/c1-11(2)31-19(7-17(28)12-4-16(24(25,26)27)22(29)30-8-12)23-15-6-18(21(23)20(15)23)33-10-13-5-14(33)9-32(13)3/h4,7-8,11,13-15,18,20-21H,5-6,9-10,28H2,1-3H3,(H2,29,30). The van der Waals surface area contributed by atoms with Crippen molar-refractivity contribution in [2.24, 2.45) is 33.9 Å². The first-order chi connectivity index (χ1) is 15.5. The minimum atomic E-state index is -4.57. The molecule has 0 radical (unpaired) electrons. The molecule has 0 aromatic carbocycles. The van der Waals surface area contributed by atoms with Gasteiger partial charge in [0.1, 0.15) is 5.82 Å². The first-order valence-corrected chi connectivity index (χ1v) is 11.9. The zero-order chi connectivity index (χ0) is 23.4. The van der Waals surface area contributed by atoms with Crippen LogP contribution in [0.5, 0.6) is 0 Å². The van der Waals surface area contributed by atoms with E-state index in [9.17, 15) is 13.2 Å². The number of likely N-dealkylation sites (tertiary alicyclic amines) is 2. The Hall–Kier alpha value is -2.13. The molecule has 0 spiro atoms. The molecule has 9 heteroatoms. The maximum Gasteiger partial charge on any atom is 0.419 e. The lowest BCUT2D eigenvalue weighted by Crippen LogP contribution is -2.49. The van der Waals surface area contributed by atoms with Gasteiger partial charge >= 0.3 is 6.18 Å². The third-order valence-corrected chi connectivity index (χ3v) is 8.90. The summed E-state index contributed by atoms with van der Waals surface area (Å²) >= 11 is 0. The van der Waals surface area contributed by atoms with Crippen LogP contribution in [0.2, 0.25) is 0 Å². The molecule has 4 aliphatic carbocycles. The summed E-state index contributed by atoms with van der Waals surface area (Å²) in [6, 6.07) is 3.02. The molecule has 6 aliphatic rings. The van der Waals surface area contributed by atoms with Crippen molar-refractivity contribution in [1.29, 1.82) is 0 Å². The third kappa shape index (κ3) is 2.94. The summed E-state index contributed by atoms with van der Waals surface area (Å²) < 4.78 is 39.9. The van der Waals surface area contributed by atoms with Crippen LogP contribution in [0.15, 0.2) is 23.3 Å². The Bertz CT molecular complexity index is 1060. The molecular weight excluding hydrogens is 429 g/mol. The number of hydrogen-bond donors (Lipinski definition) is 2. The maximum absolute atomic E-state index is 13.3. The highest BCUT2D eigenvalue weighted by atomic mass is 19.4. The zero-order valence-electron chi connectivity index (χ0n) is 19.2. The van der Waals surface area contributed by atoms with E-state index in [1.807, 2.05) is 19.9 Å². The monoisotopic (exact) mass is 460 g/mol. The van der Waals surface area contributed by atoms with E-state index in [1.54, 1.807) is 0 Å². The molecule has 178 valence electrons. The number of nitrogens with two attached hydrogens (primary N) is 2. The van der Waals surface area contributed by atoms with Crippen LogP contribution in [0.25, 0.3) is 5.70 Å². The molecule has 3 heterocycles. The minimum Gasteiger partial charge on any atom is -0.398 e. The van der Waals surface area contributed by atoms with Crippen LogP contribution in [-0.4, -0.2) is 64.8 Å². The number of aliphatic imine (C=N–C) groups is 1. The number of fused-ring (bicyclic) bond motifs is 3. The number of allylic oxidation sites excluding steroid dienone is 1. The van der Waals surface area contributed by atoms with E-state index in [0.717, 1.165) is 24.9 Å². The summed E-state index contributed by atoms with van der Waals surface area (Å²) in [6.07, 6.45) is 1.02. The van der Waals surface area contributed by atoms with Gasteiger partial charge in [-0.1, -0.05) is 0 Å². The fourth-order valence-electron chi connectivity index (χ4n) is 7.48. The smallest absolute Gasteiger partial charge is 0.398 e. The summed E-state index contributed by atoms with van der Waals surface area (Å²) in [5, 5.41) is 0. The fourth-order valence-corrected chi connectivity index (χ4v) is 7.48. The van der Waals surface area contributed by atoms with Crippen LogP contribution in [-0.2, 0) is 6.18 Å². The quantitative estimate of drug-likeness (QED) is 0.661. The largest absolute Gasteiger partial charge is 0.419 e. The summed E-state index contributed by atoms with van der Waals surface area (Å²) in [5.74, 6) is 1.34. The van der Waals surface area contributed by atoms with E-state index in [2.05, 4.69) is 21.8 Å². The molecular formula is C24H31F3N6. The van der Waals surface area contributed by atoms with Crippen LogP contribution in [0.1, 0.15) is 37.8 Å². The van der Waals surface area contributed by atoms with E-state index in [-0.39, 0.29) is 22.7 Å². The van der Waals surface area contributed by atoms with E-state index in [4.69, 9.17) is 16.5 Å². The SMILES string of the molecule is CC(C)N=C(C=C(N)c1cnc(N)c(C(F)(F)F)c1)C12C3CC(N4CC5CC4CN5C)C1C32. The van der Waals surface area contributed by atoms with Crippen molar-refractivity contribution < 1.29 is 13.2 Å². The van der Waals surface area contributed by atoms with E-state index in [0.29, 0.717) is 35.9 Å². The Morgan fingerprint density at radius 2 is 2.00 bits per heavy atom. The Morgan fingerprint density at radius 3 is 2.58 bits per heavy atom. The Kier molecular flexibility index (Phi) is 4.36. The topological polar surface area (TPSA) is 83.8 Å². The number of anilines is 1. The van der Waals surface area contributed by atoms with Gasteiger partial charge in [0.2, 0.25) is 0 Å². The first-order valence-electron chi connectivity index (χ1n) is 11.9. The Balaban J connectivity index is 1.27. The highest BCUT2D eigenvalue weighted by molar-refractivity contribution is 6.10. The van der Waals surface area contributed by atoms with Crippen molar-refractivity contribution in [3.8, 4) is 0 Å². The number of nitrogen functional groups attached to an aromatic ring is 1. The predicted octanol–water partition coefficient (Wildman–Crippen LogP) is 2.85. The van der Waals surface area contributed by atoms with Gasteiger partial charge in [-0.3, -0.25) is 9.89 Å². The number of rotatable bonds is 5. The summed E-state index contributed by atoms with van der Waals surface area (Å²) in [5.41, 5.74) is 12.4. The van der Waals surface area contributed by atoms with Gasteiger partial charge in [-0.05, 0) is 63.6 Å². The van der Waals surface area contributed by atoms with Crippen LogP contribution in [0, 0.1) is 23.2 Å². The van der Waals surface area contributed by atoms with Gasteiger partial charge in [-0.25, -0.2) is 4.98 Å². The van der Waals surface area contributed by atoms with E-state index < -0.39 is 17.6 Å². The van der Waals surface area contributed by atoms with Gasteiger partial charge in [0.15, 0.2) is 0 Å². The van der Waals surface area contributed by atoms with E-state index in [1.165, 1.54) is 19.0 Å². The first kappa shape index (κ1) is 21.4. The molecule has 33 heavy (non-hydrogen) atoms. The lowest BCUT2D eigenvalue weighted by Gasteiger charge is -2.36. The number of alkyl halides is 3. The van der Waals surface area contributed by atoms with Crippen molar-refractivity contribution in [3.63, 3.8) is 0 Å². The molecule has 7 rings (SSSR count). The van der Waals surface area contributed by atoms with E-state index >= 15 is 0 Å². The molecule has 7 atom stereocenters. The van der Waals surface area contributed by atoms with Gasteiger partial charge < -0.3 is 16.4 Å². The zero-order valence-corrected chi connectivity index (χ0v) is 19.2. The molecule has 4 N–H and O–H groups in total. The second kappa shape index (κ2) is 6.72. The summed E-state index contributed by atoms with van der Waals surface area (Å²) in [7, 11) is 2.22. The van der Waals surface area contributed by atoms with Crippen LogP contribution < -0.4 is 11.5 Å². The Morgan fingerprint density at radius 1 is 1.24 bits per heavy atom. The molecule has 6 nitrogen and oxygen atoms in total. The van der Waals surface area contributed by atoms with Crippen molar-refractivity contribution in [2.75, 3.05) is 25.9 Å². The van der Waals surface area contributed by atoms with Gasteiger partial charge in [-0.15, -0.1) is 0 Å². The third-order valence-electron chi connectivity index (χ3n) is 8.90. The van der Waals surface area contributed by atoms with Gasteiger partial charge in [0.25, 0.3) is 0 Å². The average Bonchev–Trinajstić information content (AvgIpc) is 3.18. The molecule has 1 aromatic heterocycles. The van der Waals surface area contributed by atoms with Crippen LogP contribution in [0.4, 0.5) is 19.0 Å². The molecule has 6 fully saturated rings. The average molecular weight is 461 g/mol. The van der Waals surface area contributed by atoms with Crippen molar-refractivity contribution in [1.82, 2.24) is 14.8 Å². The second-order valence-electron chi connectivity index (χ2n) is 10.9. The Labute approximate surface area is 191 Å². The lowest BCUT2D eigenvalue weighted by atomic mass is 9.97. The molecule has 7 unspecified atom stereocenters. The normalized spacial score (nSPS) is 40.1. The molecule has 1 aromatic rings. The molecule has 4 saturated carbocycles. The van der Waals surface area contributed by atoms with Crippen LogP contribution in [0.3, 0.4) is 0 Å². The number of piperazine rings is 1. The molecule has 2 aliphatic heterocycles. The highest BCUT2D eigenvalue weighted by Gasteiger charge is 2.93. The number of likely N-dealkylation sites (N-methyl/N-ethyl adjacent to an activating group) is 1. The van der Waals surface area contributed by atoms with Crippen molar-refractivity contribution in [2.45, 2.75) is 57.0 Å². The summed E-state index contributed by atoms with van der Waals surface area (Å²) in [6.45, 7) is 6.37. The number of halogens is 3. The minimum absolute atomic E-state index is 0.0708. The number of aromatic nitrogens is 1. The van der Waals surface area contributed by atoms with Crippen molar-refractivity contribution in [3.05, 3.63) is 29.5 Å². The summed E-state index contributed by atoms with van der Waals surface area (Å²) in [4.78, 5) is 13.9. The van der Waals surface area contributed by atoms with Gasteiger partial charge in [0, 0.05) is 65.8 Å². The lowest BCUT2D eigenvalue weighted by molar-refractivity contribution is -0.137. The number of nitrogens with zero attached hydrogens (tertiary/aromatic N) is 4. The number of pyridine rings is 1. The predicted molar refractivity (Wildman–Crippen MR) is 121 cm³/mol. The molecule has 4 bridgehead atoms. The number of hydrogen-bond acceptors (Lipinski definition) is 6. The molecule has 2 saturated heterocycles. The highest BCUT2D eigenvalue weighted by Crippen LogP contribution is 2.92.